The predicted molar refractivity (Wildman–Crippen MR) is 152 cm³/mol. The molecule has 0 aliphatic rings. The summed E-state index contributed by atoms with van der Waals surface area (Å²) in [6.45, 7) is 0. The highest BCUT2D eigenvalue weighted by Crippen LogP contribution is 2.41. The lowest BCUT2D eigenvalue weighted by Crippen LogP contribution is -2.31. The van der Waals surface area contributed by atoms with Crippen molar-refractivity contribution in [2.24, 2.45) is 0 Å². The zero-order valence-corrected chi connectivity index (χ0v) is 22.5. The van der Waals surface area contributed by atoms with Crippen LogP contribution in [-0.2, 0) is 10.3 Å². The fourth-order valence-corrected chi connectivity index (χ4v) is 5.13. The second kappa shape index (κ2) is 10.3. The maximum absolute atomic E-state index is 6.42. The van der Waals surface area contributed by atoms with Gasteiger partial charge in [-0.05, 0) is 63.2 Å². The molecule has 0 heterocycles. The van der Waals surface area contributed by atoms with Crippen molar-refractivity contribution in [1.82, 2.24) is 0 Å². The van der Waals surface area contributed by atoms with Gasteiger partial charge in [-0.2, -0.15) is 0 Å². The van der Waals surface area contributed by atoms with Crippen LogP contribution >= 0.6 is 31.9 Å². The van der Waals surface area contributed by atoms with Crippen LogP contribution in [0.2, 0.25) is 0 Å². The highest BCUT2D eigenvalue weighted by Gasteiger charge is 2.36. The van der Waals surface area contributed by atoms with Crippen LogP contribution in [0.25, 0.3) is 22.3 Å². The predicted octanol–water partition coefficient (Wildman–Crippen LogP) is 9.48. The third kappa shape index (κ3) is 4.77. The number of benzene rings is 5. The van der Waals surface area contributed by atoms with Crippen LogP contribution in [-0.4, -0.2) is 7.11 Å². The molecule has 1 unspecified atom stereocenters. The Hall–Kier alpha value is -2.98. The van der Waals surface area contributed by atoms with Crippen molar-refractivity contribution < 1.29 is 4.74 Å². The van der Waals surface area contributed by atoms with Gasteiger partial charge in [0.2, 0.25) is 0 Å². The van der Waals surface area contributed by atoms with Crippen LogP contribution in [0.4, 0.5) is 0 Å². The Bertz CT molecular complexity index is 1390. The third-order valence-corrected chi connectivity index (χ3v) is 7.48. The number of ether oxygens (including phenoxy) is 1. The second-order valence-electron chi connectivity index (χ2n) is 8.42. The summed E-state index contributed by atoms with van der Waals surface area (Å²) in [4.78, 5) is 0. The molecule has 0 fully saturated rings. The van der Waals surface area contributed by atoms with E-state index in [1.54, 1.807) is 7.11 Å². The Morgan fingerprint density at radius 2 is 0.743 bits per heavy atom. The lowest BCUT2D eigenvalue weighted by atomic mass is 9.79. The van der Waals surface area contributed by atoms with E-state index in [0.29, 0.717) is 0 Å². The first-order valence-electron chi connectivity index (χ1n) is 11.4. The zero-order chi connectivity index (χ0) is 24.3. The molecule has 0 amide bonds. The monoisotopic (exact) mass is 582 g/mol. The van der Waals surface area contributed by atoms with Crippen molar-refractivity contribution in [3.8, 4) is 22.3 Å². The molecule has 1 nitrogen and oxygen atoms in total. The van der Waals surface area contributed by atoms with Gasteiger partial charge in [0.05, 0.1) is 0 Å². The summed E-state index contributed by atoms with van der Waals surface area (Å²) in [6.07, 6.45) is 0. The highest BCUT2D eigenvalue weighted by atomic mass is 79.9. The SMILES string of the molecule is COC(c1ccc(Br)cc1)(c1ccc(-c2ccccc2)cc1)c1ccc(-c2ccc(Br)cc2)cc1. The summed E-state index contributed by atoms with van der Waals surface area (Å²) in [7, 11) is 1.79. The van der Waals surface area contributed by atoms with Crippen molar-refractivity contribution in [1.29, 1.82) is 0 Å². The topological polar surface area (TPSA) is 9.23 Å². The van der Waals surface area contributed by atoms with Crippen molar-refractivity contribution in [2.45, 2.75) is 5.60 Å². The lowest BCUT2D eigenvalue weighted by Gasteiger charge is -2.34. The van der Waals surface area contributed by atoms with Gasteiger partial charge in [0, 0.05) is 16.1 Å². The summed E-state index contributed by atoms with van der Waals surface area (Å²) >= 11 is 7.10. The summed E-state index contributed by atoms with van der Waals surface area (Å²) in [5, 5.41) is 0. The number of hydrogen-bond donors (Lipinski definition) is 0. The summed E-state index contributed by atoms with van der Waals surface area (Å²) in [6, 6.07) is 44.6. The molecule has 1 atom stereocenters. The van der Waals surface area contributed by atoms with Crippen LogP contribution in [0.3, 0.4) is 0 Å². The Labute approximate surface area is 223 Å². The van der Waals surface area contributed by atoms with E-state index in [2.05, 4.69) is 153 Å². The molecule has 0 aliphatic carbocycles. The normalized spacial score (nSPS) is 12.8. The Kier molecular flexibility index (Phi) is 7.01. The lowest BCUT2D eigenvalue weighted by molar-refractivity contribution is 0.0585. The Balaban J connectivity index is 1.62. The molecule has 5 aromatic rings. The zero-order valence-electron chi connectivity index (χ0n) is 19.3. The molecule has 0 spiro atoms. The van der Waals surface area contributed by atoms with E-state index in [4.69, 9.17) is 4.74 Å². The molecule has 0 aromatic heterocycles. The molecule has 35 heavy (non-hydrogen) atoms. The average Bonchev–Trinajstić information content (AvgIpc) is 2.92. The first-order valence-corrected chi connectivity index (χ1v) is 13.0. The largest absolute Gasteiger partial charge is 0.364 e. The Morgan fingerprint density at radius 1 is 0.429 bits per heavy atom. The first-order chi connectivity index (χ1) is 17.1. The minimum atomic E-state index is -0.742. The van der Waals surface area contributed by atoms with Crippen molar-refractivity contribution in [3.63, 3.8) is 0 Å². The van der Waals surface area contributed by atoms with E-state index in [0.717, 1.165) is 25.6 Å². The van der Waals surface area contributed by atoms with Gasteiger partial charge in [0.25, 0.3) is 0 Å². The number of halogens is 2. The van der Waals surface area contributed by atoms with Gasteiger partial charge in [-0.15, -0.1) is 0 Å². The van der Waals surface area contributed by atoms with Gasteiger partial charge in [-0.1, -0.05) is 135 Å². The van der Waals surface area contributed by atoms with Crippen LogP contribution in [0.1, 0.15) is 16.7 Å². The summed E-state index contributed by atoms with van der Waals surface area (Å²) in [5.41, 5.74) is 7.22. The maximum Gasteiger partial charge on any atom is 0.143 e. The summed E-state index contributed by atoms with van der Waals surface area (Å²) in [5.74, 6) is 0. The van der Waals surface area contributed by atoms with E-state index in [1.807, 2.05) is 6.07 Å². The molecular weight excluding hydrogens is 560 g/mol. The van der Waals surface area contributed by atoms with Crippen LogP contribution < -0.4 is 0 Å². The Morgan fingerprint density at radius 3 is 1.14 bits per heavy atom. The van der Waals surface area contributed by atoms with Gasteiger partial charge in [-0.25, -0.2) is 0 Å². The van der Waals surface area contributed by atoms with E-state index in [9.17, 15) is 0 Å². The second-order valence-corrected chi connectivity index (χ2v) is 10.3. The smallest absolute Gasteiger partial charge is 0.143 e. The molecule has 5 rings (SSSR count). The first kappa shape index (κ1) is 23.7. The minimum absolute atomic E-state index is 0.742. The molecule has 0 aliphatic heterocycles. The van der Waals surface area contributed by atoms with Gasteiger partial charge >= 0.3 is 0 Å². The maximum atomic E-state index is 6.42. The highest BCUT2D eigenvalue weighted by molar-refractivity contribution is 9.10. The molecule has 172 valence electrons. The van der Waals surface area contributed by atoms with Crippen LogP contribution in [0.15, 0.2) is 136 Å². The fourth-order valence-electron chi connectivity index (χ4n) is 4.61. The van der Waals surface area contributed by atoms with Crippen molar-refractivity contribution >= 4 is 31.9 Å². The molecule has 0 N–H and O–H groups in total. The number of hydrogen-bond acceptors (Lipinski definition) is 1. The van der Waals surface area contributed by atoms with E-state index in [1.165, 1.54) is 22.3 Å². The average molecular weight is 584 g/mol. The molecule has 0 saturated heterocycles. The van der Waals surface area contributed by atoms with Crippen molar-refractivity contribution in [3.05, 3.63) is 153 Å². The minimum Gasteiger partial charge on any atom is -0.364 e. The molecular formula is C32H24Br2O. The van der Waals surface area contributed by atoms with Crippen molar-refractivity contribution in [2.75, 3.05) is 7.11 Å². The molecule has 3 heteroatoms. The van der Waals surface area contributed by atoms with Gasteiger partial charge in [0.15, 0.2) is 0 Å². The van der Waals surface area contributed by atoms with Gasteiger partial charge in [0.1, 0.15) is 5.60 Å². The van der Waals surface area contributed by atoms with E-state index < -0.39 is 5.60 Å². The molecule has 0 saturated carbocycles. The quantitative estimate of drug-likeness (QED) is 0.181. The van der Waals surface area contributed by atoms with E-state index in [-0.39, 0.29) is 0 Å². The number of rotatable bonds is 6. The third-order valence-electron chi connectivity index (χ3n) is 6.42. The fraction of sp³-hybridized carbons (Fsp3) is 0.0625. The van der Waals surface area contributed by atoms with E-state index >= 15 is 0 Å². The summed E-state index contributed by atoms with van der Waals surface area (Å²) < 4.78 is 8.53. The van der Waals surface area contributed by atoms with Gasteiger partial charge < -0.3 is 4.74 Å². The molecule has 0 radical (unpaired) electrons. The standard InChI is InChI=1S/C32H24Br2O/c1-35-32(29-17-21-31(34)22-18-29,27-13-7-24(8-14-27)23-5-3-2-4-6-23)28-15-9-25(10-16-28)26-11-19-30(33)20-12-26/h2-22H,1H3. The van der Waals surface area contributed by atoms with Crippen LogP contribution in [0, 0.1) is 0 Å². The molecule has 5 aromatic carbocycles. The van der Waals surface area contributed by atoms with Gasteiger partial charge in [-0.3, -0.25) is 0 Å². The van der Waals surface area contributed by atoms with Crippen LogP contribution in [0.5, 0.6) is 0 Å². The number of methoxy groups -OCH3 is 1. The molecule has 0 bridgehead atoms.